The Balaban J connectivity index is 0.000000604. The van der Waals surface area contributed by atoms with Crippen molar-refractivity contribution in [1.29, 1.82) is 0 Å². The summed E-state index contributed by atoms with van der Waals surface area (Å²) in [7, 11) is 0. The Labute approximate surface area is 213 Å². The van der Waals surface area contributed by atoms with E-state index in [1.807, 2.05) is 24.3 Å². The topological polar surface area (TPSA) is 186 Å². The number of likely N-dealkylation sites (tertiary alicyclic amines) is 1. The van der Waals surface area contributed by atoms with Crippen LogP contribution >= 0.6 is 11.3 Å². The molecule has 2 atom stereocenters. The summed E-state index contributed by atoms with van der Waals surface area (Å²) in [4.78, 5) is 55.5. The van der Waals surface area contributed by atoms with E-state index in [1.165, 1.54) is 18.3 Å². The van der Waals surface area contributed by atoms with Crippen LogP contribution in [0.25, 0.3) is 10.2 Å². The number of carbonyl (C=O) groups excluding carboxylic acids is 4. The first-order valence-electron chi connectivity index (χ1n) is 11.2. The molecule has 37 heavy (non-hydrogen) atoms. The fraction of sp³-hybridized carbons (Fsp3) is 0.455. The molecule has 0 saturated carbocycles. The molecule has 0 spiro atoms. The zero-order valence-electron chi connectivity index (χ0n) is 19.8. The van der Waals surface area contributed by atoms with Crippen molar-refractivity contribution >= 4 is 51.1 Å². The summed E-state index contributed by atoms with van der Waals surface area (Å²) in [5, 5.41) is 12.0. The second kappa shape index (κ2) is 13.0. The van der Waals surface area contributed by atoms with Gasteiger partial charge in [0.15, 0.2) is 5.01 Å². The molecule has 2 heterocycles. The number of alkyl halides is 3. The molecule has 1 aromatic carbocycles. The molecule has 1 saturated heterocycles. The number of carbonyl (C=O) groups is 4. The maximum atomic E-state index is 13.2. The van der Waals surface area contributed by atoms with Gasteiger partial charge in [-0.05, 0) is 37.8 Å². The minimum absolute atomic E-state index is 0.108. The third-order valence-electron chi connectivity index (χ3n) is 5.33. The van der Waals surface area contributed by atoms with Crippen LogP contribution in [0.4, 0.5) is 13.2 Å². The number of fused-ring (bicyclic) bond motifs is 1. The van der Waals surface area contributed by atoms with Crippen LogP contribution in [0.2, 0.25) is 0 Å². The number of rotatable bonds is 8. The van der Waals surface area contributed by atoms with Crippen molar-refractivity contribution in [2.45, 2.75) is 50.9 Å². The highest BCUT2D eigenvalue weighted by molar-refractivity contribution is 7.20. The van der Waals surface area contributed by atoms with Crippen LogP contribution in [0, 0.1) is 0 Å². The van der Waals surface area contributed by atoms with Crippen molar-refractivity contribution in [2.24, 2.45) is 11.5 Å². The Kier molecular flexibility index (Phi) is 10.3. The van der Waals surface area contributed by atoms with Gasteiger partial charge in [-0.3, -0.25) is 30.8 Å². The number of aliphatic carboxylic acids is 1. The van der Waals surface area contributed by atoms with E-state index < -0.39 is 24.2 Å². The van der Waals surface area contributed by atoms with Gasteiger partial charge in [0.2, 0.25) is 17.6 Å². The Morgan fingerprint density at radius 3 is 2.49 bits per heavy atom. The zero-order valence-corrected chi connectivity index (χ0v) is 20.7. The fourth-order valence-corrected chi connectivity index (χ4v) is 4.58. The van der Waals surface area contributed by atoms with Crippen LogP contribution in [0.15, 0.2) is 24.3 Å². The summed E-state index contributed by atoms with van der Waals surface area (Å²) >= 11 is 1.31. The van der Waals surface area contributed by atoms with Crippen molar-refractivity contribution in [2.75, 3.05) is 13.1 Å². The molecule has 0 bridgehead atoms. The minimum atomic E-state index is -5.19. The van der Waals surface area contributed by atoms with E-state index >= 15 is 0 Å². The van der Waals surface area contributed by atoms with Gasteiger partial charge in [0, 0.05) is 13.5 Å². The normalized spacial score (nSPS) is 15.9. The van der Waals surface area contributed by atoms with Crippen LogP contribution in [-0.4, -0.2) is 70.8 Å². The SMILES string of the molecule is CC(=O)N1CCC[C@H]1C(=O)N[C@@H](CCC[NH+]=C(N)N)C(=O)c1nc2ccccc2s1.O=C([O-])C(F)(F)F. The quantitative estimate of drug-likeness (QED) is 0.133. The monoisotopic (exact) mass is 544 g/mol. The van der Waals surface area contributed by atoms with Gasteiger partial charge in [0.05, 0.1) is 22.8 Å². The number of amides is 2. The van der Waals surface area contributed by atoms with Gasteiger partial charge in [0.1, 0.15) is 12.0 Å². The van der Waals surface area contributed by atoms with Crippen molar-refractivity contribution in [1.82, 2.24) is 15.2 Å². The van der Waals surface area contributed by atoms with E-state index in [1.54, 1.807) is 4.90 Å². The predicted molar refractivity (Wildman–Crippen MR) is 126 cm³/mol. The number of benzene rings is 1. The summed E-state index contributed by atoms with van der Waals surface area (Å²) in [5.74, 6) is -3.58. The number of guanidine groups is 1. The number of nitrogens with two attached hydrogens (primary N) is 2. The highest BCUT2D eigenvalue weighted by atomic mass is 32.1. The third kappa shape index (κ3) is 8.70. The van der Waals surface area contributed by atoms with Gasteiger partial charge < -0.3 is 20.1 Å². The number of thiazole rings is 1. The number of nitrogens with one attached hydrogen (secondary N) is 2. The predicted octanol–water partition coefficient (Wildman–Crippen LogP) is -1.59. The lowest BCUT2D eigenvalue weighted by Crippen LogP contribution is -2.78. The second-order valence-corrected chi connectivity index (χ2v) is 9.12. The second-order valence-electron chi connectivity index (χ2n) is 8.09. The number of hydrogen-bond donors (Lipinski definition) is 4. The third-order valence-corrected chi connectivity index (χ3v) is 6.38. The molecule has 0 radical (unpaired) electrons. The lowest BCUT2D eigenvalue weighted by Gasteiger charge is -2.25. The fourth-order valence-electron chi connectivity index (χ4n) is 3.62. The van der Waals surface area contributed by atoms with E-state index in [4.69, 9.17) is 21.4 Å². The first kappa shape index (κ1) is 29.5. The maximum Gasteiger partial charge on any atom is 0.430 e. The summed E-state index contributed by atoms with van der Waals surface area (Å²) in [6, 6.07) is 6.23. The van der Waals surface area contributed by atoms with E-state index in [0.29, 0.717) is 37.4 Å². The first-order valence-corrected chi connectivity index (χ1v) is 12.0. The molecule has 6 N–H and O–H groups in total. The van der Waals surface area contributed by atoms with Crippen LogP contribution in [-0.2, 0) is 14.4 Å². The number of halogens is 3. The van der Waals surface area contributed by atoms with Gasteiger partial charge in [-0.15, -0.1) is 11.3 Å². The van der Waals surface area contributed by atoms with Crippen molar-refractivity contribution in [3.8, 4) is 0 Å². The highest BCUT2D eigenvalue weighted by Gasteiger charge is 2.35. The molecule has 1 aliphatic rings. The van der Waals surface area contributed by atoms with E-state index in [9.17, 15) is 27.6 Å². The molecule has 11 nitrogen and oxygen atoms in total. The molecule has 2 aromatic rings. The number of carboxylic acids is 1. The van der Waals surface area contributed by atoms with Crippen molar-refractivity contribution in [3.05, 3.63) is 29.3 Å². The van der Waals surface area contributed by atoms with Gasteiger partial charge in [-0.2, -0.15) is 13.2 Å². The van der Waals surface area contributed by atoms with E-state index in [0.717, 1.165) is 16.6 Å². The van der Waals surface area contributed by atoms with E-state index in [-0.39, 0.29) is 23.6 Å². The standard InChI is InChI=1S/C20H26N6O3S.C2HF3O2/c1-12(27)26-11-5-8-15(26)18(29)24-14(7-4-10-23-20(21)22)17(28)19-25-13-6-2-3-9-16(13)30-19;3-2(4,5)1(6)7/h2-3,6,9,14-15H,4-5,7-8,10-11H2,1H3,(H,24,29)(H4,21,22,23);(H,6,7)/t14-,15-;/m0./s1. The van der Waals surface area contributed by atoms with Gasteiger partial charge in [0.25, 0.3) is 0 Å². The lowest BCUT2D eigenvalue weighted by molar-refractivity contribution is -0.459. The van der Waals surface area contributed by atoms with Crippen LogP contribution < -0.4 is 26.9 Å². The maximum absolute atomic E-state index is 13.2. The smallest absolute Gasteiger partial charge is 0.430 e. The van der Waals surface area contributed by atoms with E-state index in [2.05, 4.69) is 15.3 Å². The lowest BCUT2D eigenvalue weighted by atomic mass is 10.1. The summed E-state index contributed by atoms with van der Waals surface area (Å²) < 4.78 is 32.5. The van der Waals surface area contributed by atoms with Gasteiger partial charge in [-0.25, -0.2) is 4.98 Å². The number of Topliss-reactive ketones (excluding diaryl/α,β-unsaturated/α-hetero) is 1. The van der Waals surface area contributed by atoms with Crippen molar-refractivity contribution in [3.63, 3.8) is 0 Å². The molecule has 1 aromatic heterocycles. The largest absolute Gasteiger partial charge is 0.542 e. The average molecular weight is 545 g/mol. The number of carboxylic acid groups (broad SMARTS) is 1. The molecule has 1 aliphatic heterocycles. The van der Waals surface area contributed by atoms with Crippen LogP contribution in [0.5, 0.6) is 0 Å². The zero-order chi connectivity index (χ0) is 27.8. The summed E-state index contributed by atoms with van der Waals surface area (Å²) in [6.07, 6.45) is -2.87. The Morgan fingerprint density at radius 1 is 1.27 bits per heavy atom. The molecule has 0 unspecified atom stereocenters. The molecule has 3 rings (SSSR count). The molecular weight excluding hydrogens is 517 g/mol. The molecule has 15 heteroatoms. The number of hydrogen-bond acceptors (Lipinski definition) is 7. The number of nitrogens with zero attached hydrogens (tertiary/aromatic N) is 2. The number of ketones is 1. The molecule has 202 valence electrons. The minimum Gasteiger partial charge on any atom is -0.542 e. The molecule has 1 fully saturated rings. The highest BCUT2D eigenvalue weighted by Crippen LogP contribution is 2.24. The Bertz CT molecular complexity index is 1130. The number of para-hydroxylation sites is 1. The van der Waals surface area contributed by atoms with Crippen molar-refractivity contribution < 1.29 is 42.4 Å². The molecular formula is C22H27F3N6O5S. The average Bonchev–Trinajstić information content (AvgIpc) is 3.47. The van der Waals surface area contributed by atoms with Crippen LogP contribution in [0.1, 0.15) is 42.4 Å². The molecule has 2 amide bonds. The molecule has 0 aliphatic carbocycles. The van der Waals surface area contributed by atoms with Crippen LogP contribution in [0.3, 0.4) is 0 Å². The van der Waals surface area contributed by atoms with Gasteiger partial charge >= 0.3 is 12.1 Å². The Morgan fingerprint density at radius 2 is 1.92 bits per heavy atom. The first-order chi connectivity index (χ1) is 17.3. The summed E-state index contributed by atoms with van der Waals surface area (Å²) in [5.41, 5.74) is 11.6. The summed E-state index contributed by atoms with van der Waals surface area (Å²) in [6.45, 7) is 2.49. The van der Waals surface area contributed by atoms with Gasteiger partial charge in [-0.1, -0.05) is 12.1 Å². The number of aromatic nitrogens is 1. The Hall–Kier alpha value is -3.75.